The van der Waals surface area contributed by atoms with E-state index in [1.54, 1.807) is 38.7 Å². The number of carbonyl (C=O) groups is 2. The highest BCUT2D eigenvalue weighted by Crippen LogP contribution is 2.43. The summed E-state index contributed by atoms with van der Waals surface area (Å²) in [6.45, 7) is 7.31. The number of nitro groups is 1. The van der Waals surface area contributed by atoms with Crippen molar-refractivity contribution in [2.75, 3.05) is 19.9 Å². The molecule has 1 unspecified atom stereocenters. The highest BCUT2D eigenvalue weighted by molar-refractivity contribution is 5.92. The van der Waals surface area contributed by atoms with Crippen molar-refractivity contribution in [2.45, 2.75) is 33.6 Å². The van der Waals surface area contributed by atoms with E-state index in [-0.39, 0.29) is 30.4 Å². The van der Waals surface area contributed by atoms with E-state index in [0.717, 1.165) is 0 Å². The molecule has 1 N–H and O–H groups in total. The third kappa shape index (κ3) is 4.77. The van der Waals surface area contributed by atoms with Crippen molar-refractivity contribution in [1.82, 2.24) is 4.90 Å². The molecule has 0 aromatic heterocycles. The van der Waals surface area contributed by atoms with Crippen LogP contribution in [0, 0.1) is 10.1 Å². The lowest BCUT2D eigenvalue weighted by Crippen LogP contribution is -2.35. The number of non-ortho nitro benzene ring substituents is 1. The monoisotopic (exact) mass is 420 g/mol. The van der Waals surface area contributed by atoms with Crippen molar-refractivity contribution >= 4 is 17.8 Å². The third-order valence-electron chi connectivity index (χ3n) is 4.64. The van der Waals surface area contributed by atoms with Gasteiger partial charge in [-0.25, -0.2) is 9.59 Å². The van der Waals surface area contributed by atoms with Crippen molar-refractivity contribution < 1.29 is 33.8 Å². The Morgan fingerprint density at radius 2 is 1.90 bits per heavy atom. The van der Waals surface area contributed by atoms with E-state index >= 15 is 0 Å². The standard InChI is InChI=1S/C20H24N2O8/c1-5-28-11-21-12(3)16(19(23)29-6-2)17(18(13(21)4)30-20(24)25)14-8-7-9-15(10-14)22(26)27/h7-10,17H,5-6,11H2,1-4H3,(H,24,25). The van der Waals surface area contributed by atoms with E-state index in [1.807, 2.05) is 0 Å². The van der Waals surface area contributed by atoms with Gasteiger partial charge in [0.1, 0.15) is 12.5 Å². The maximum Gasteiger partial charge on any atom is 0.511 e. The van der Waals surface area contributed by atoms with Crippen LogP contribution in [0.5, 0.6) is 0 Å². The zero-order valence-electron chi connectivity index (χ0n) is 17.2. The van der Waals surface area contributed by atoms with Crippen LogP contribution in [0.2, 0.25) is 0 Å². The smallest absolute Gasteiger partial charge is 0.463 e. The normalized spacial score (nSPS) is 16.5. The van der Waals surface area contributed by atoms with Gasteiger partial charge in [-0.3, -0.25) is 10.1 Å². The minimum Gasteiger partial charge on any atom is -0.463 e. The molecule has 10 nitrogen and oxygen atoms in total. The Hall–Kier alpha value is -3.40. The first-order valence-corrected chi connectivity index (χ1v) is 9.31. The highest BCUT2D eigenvalue weighted by atomic mass is 16.7. The van der Waals surface area contributed by atoms with Gasteiger partial charge in [-0.1, -0.05) is 12.1 Å². The Bertz CT molecular complexity index is 906. The Balaban J connectivity index is 2.74. The summed E-state index contributed by atoms with van der Waals surface area (Å²) in [7, 11) is 0. The molecule has 0 bridgehead atoms. The Labute approximate surface area is 173 Å². The Morgan fingerprint density at radius 3 is 2.47 bits per heavy atom. The summed E-state index contributed by atoms with van der Waals surface area (Å²) in [5, 5.41) is 20.6. The Morgan fingerprint density at radius 1 is 1.20 bits per heavy atom. The molecule has 1 atom stereocenters. The zero-order valence-corrected chi connectivity index (χ0v) is 17.2. The van der Waals surface area contributed by atoms with Crippen molar-refractivity contribution in [3.05, 3.63) is 62.7 Å². The molecular formula is C20H24N2O8. The van der Waals surface area contributed by atoms with Gasteiger partial charge in [-0.2, -0.15) is 0 Å². The van der Waals surface area contributed by atoms with Crippen LogP contribution >= 0.6 is 0 Å². The molecule has 162 valence electrons. The van der Waals surface area contributed by atoms with Gasteiger partial charge >= 0.3 is 12.1 Å². The van der Waals surface area contributed by atoms with Crippen LogP contribution in [0.25, 0.3) is 0 Å². The minimum atomic E-state index is -1.57. The largest absolute Gasteiger partial charge is 0.511 e. The fourth-order valence-corrected chi connectivity index (χ4v) is 3.29. The molecular weight excluding hydrogens is 396 g/mol. The molecule has 0 spiro atoms. The van der Waals surface area contributed by atoms with E-state index in [2.05, 4.69) is 0 Å². The van der Waals surface area contributed by atoms with Gasteiger partial charge in [0.15, 0.2) is 0 Å². The number of nitrogens with zero attached hydrogens (tertiary/aromatic N) is 2. The molecule has 1 aliphatic heterocycles. The fourth-order valence-electron chi connectivity index (χ4n) is 3.29. The first-order valence-electron chi connectivity index (χ1n) is 9.31. The number of rotatable bonds is 8. The molecule has 0 aliphatic carbocycles. The molecule has 2 rings (SSSR count). The summed E-state index contributed by atoms with van der Waals surface area (Å²) in [6.07, 6.45) is -1.57. The van der Waals surface area contributed by atoms with Gasteiger partial charge in [0.25, 0.3) is 5.69 Å². The average Bonchev–Trinajstić information content (AvgIpc) is 2.69. The number of hydrogen-bond acceptors (Lipinski definition) is 8. The van der Waals surface area contributed by atoms with Crippen LogP contribution < -0.4 is 0 Å². The summed E-state index contributed by atoms with van der Waals surface area (Å²) in [6, 6.07) is 5.63. The second-order valence-electron chi connectivity index (χ2n) is 6.37. The molecule has 0 radical (unpaired) electrons. The lowest BCUT2D eigenvalue weighted by molar-refractivity contribution is -0.384. The average molecular weight is 420 g/mol. The summed E-state index contributed by atoms with van der Waals surface area (Å²) < 4.78 is 15.7. The summed E-state index contributed by atoms with van der Waals surface area (Å²) >= 11 is 0. The van der Waals surface area contributed by atoms with E-state index in [1.165, 1.54) is 18.2 Å². The quantitative estimate of drug-likeness (QED) is 0.380. The number of nitro benzene ring substituents is 1. The molecule has 0 saturated carbocycles. The topological polar surface area (TPSA) is 128 Å². The summed E-state index contributed by atoms with van der Waals surface area (Å²) in [5.74, 6) is -1.72. The maximum atomic E-state index is 12.9. The van der Waals surface area contributed by atoms with Crippen LogP contribution in [0.4, 0.5) is 10.5 Å². The van der Waals surface area contributed by atoms with Gasteiger partial charge in [-0.15, -0.1) is 0 Å². The lowest BCUT2D eigenvalue weighted by atomic mass is 9.84. The minimum absolute atomic E-state index is 0.0450. The Kier molecular flexibility index (Phi) is 7.54. The van der Waals surface area contributed by atoms with Gasteiger partial charge in [0.2, 0.25) is 0 Å². The number of benzene rings is 1. The molecule has 1 aromatic carbocycles. The van der Waals surface area contributed by atoms with Crippen molar-refractivity contribution in [3.8, 4) is 0 Å². The van der Waals surface area contributed by atoms with Crippen LogP contribution in [0.1, 0.15) is 39.2 Å². The van der Waals surface area contributed by atoms with Crippen molar-refractivity contribution in [2.24, 2.45) is 0 Å². The van der Waals surface area contributed by atoms with Crippen LogP contribution in [0.15, 0.2) is 47.0 Å². The molecule has 1 aliphatic rings. The van der Waals surface area contributed by atoms with Gasteiger partial charge in [-0.05, 0) is 33.3 Å². The number of hydrogen-bond donors (Lipinski definition) is 1. The van der Waals surface area contributed by atoms with Crippen molar-refractivity contribution in [1.29, 1.82) is 0 Å². The number of allylic oxidation sites excluding steroid dienone is 3. The van der Waals surface area contributed by atoms with Crippen LogP contribution in [0.3, 0.4) is 0 Å². The first-order chi connectivity index (χ1) is 14.2. The predicted octanol–water partition coefficient (Wildman–Crippen LogP) is 3.75. The molecule has 0 saturated heterocycles. The number of ether oxygens (including phenoxy) is 3. The van der Waals surface area contributed by atoms with Crippen LogP contribution in [-0.2, 0) is 19.0 Å². The molecule has 1 aromatic rings. The summed E-state index contributed by atoms with van der Waals surface area (Å²) in [5.41, 5.74) is 1.15. The van der Waals surface area contributed by atoms with E-state index in [9.17, 15) is 24.8 Å². The molecule has 30 heavy (non-hydrogen) atoms. The fraction of sp³-hybridized carbons (Fsp3) is 0.400. The maximum absolute atomic E-state index is 12.9. The van der Waals surface area contributed by atoms with Gasteiger partial charge in [0, 0.05) is 24.4 Å². The van der Waals surface area contributed by atoms with Crippen LogP contribution in [-0.4, -0.2) is 47.0 Å². The predicted molar refractivity (Wildman–Crippen MR) is 105 cm³/mol. The SMILES string of the molecule is CCOCN1C(C)=C(OC(=O)O)C(c2cccc([N+](=O)[O-])c2)C(C(=O)OCC)=C1C. The lowest BCUT2D eigenvalue weighted by Gasteiger charge is -2.37. The van der Waals surface area contributed by atoms with E-state index in [4.69, 9.17) is 14.2 Å². The van der Waals surface area contributed by atoms with E-state index < -0.39 is 23.0 Å². The second kappa shape index (κ2) is 9.88. The van der Waals surface area contributed by atoms with E-state index in [0.29, 0.717) is 23.6 Å². The number of carboxylic acid groups (broad SMARTS) is 1. The molecule has 10 heteroatoms. The number of carbonyl (C=O) groups excluding carboxylic acids is 1. The molecule has 0 amide bonds. The zero-order chi connectivity index (χ0) is 22.4. The van der Waals surface area contributed by atoms with Crippen molar-refractivity contribution in [3.63, 3.8) is 0 Å². The molecule has 0 fully saturated rings. The summed E-state index contributed by atoms with van der Waals surface area (Å²) in [4.78, 5) is 36.6. The molecule has 1 heterocycles. The van der Waals surface area contributed by atoms with Gasteiger partial charge < -0.3 is 24.2 Å². The second-order valence-corrected chi connectivity index (χ2v) is 6.37. The highest BCUT2D eigenvalue weighted by Gasteiger charge is 2.39. The third-order valence-corrected chi connectivity index (χ3v) is 4.64. The number of esters is 1. The van der Waals surface area contributed by atoms with Gasteiger partial charge in [0.05, 0.1) is 28.7 Å². The first kappa shape index (κ1) is 22.9.